The summed E-state index contributed by atoms with van der Waals surface area (Å²) in [6.45, 7) is 2.70. The van der Waals surface area contributed by atoms with Crippen LogP contribution in [0.4, 0.5) is 5.69 Å². The fraction of sp³-hybridized carbons (Fsp3) is 0.600. The van der Waals surface area contributed by atoms with Crippen LogP contribution in [0, 0.1) is 24.2 Å². The van der Waals surface area contributed by atoms with Crippen molar-refractivity contribution in [2.24, 2.45) is 17.3 Å². The molecule has 3 fully saturated rings. The largest absolute Gasteiger partial charge is 0.359 e. The zero-order chi connectivity index (χ0) is 23.4. The van der Waals surface area contributed by atoms with Crippen LogP contribution in [0.1, 0.15) is 69.9 Å². The molecule has 2 heterocycles. The van der Waals surface area contributed by atoms with E-state index in [2.05, 4.69) is 20.3 Å². The highest BCUT2D eigenvalue weighted by molar-refractivity contribution is 7.80. The van der Waals surface area contributed by atoms with Gasteiger partial charge in [-0.25, -0.2) is 0 Å². The lowest BCUT2D eigenvalue weighted by atomic mass is 9.90. The second kappa shape index (κ2) is 8.68. The number of aromatic nitrogens is 1. The van der Waals surface area contributed by atoms with Crippen LogP contribution < -0.4 is 16.0 Å². The van der Waals surface area contributed by atoms with E-state index in [4.69, 9.17) is 12.2 Å². The van der Waals surface area contributed by atoms with Gasteiger partial charge in [0.2, 0.25) is 0 Å². The maximum absolute atomic E-state index is 13.3. The lowest BCUT2D eigenvalue weighted by Gasteiger charge is -2.25. The predicted molar refractivity (Wildman–Crippen MR) is 140 cm³/mol. The highest BCUT2D eigenvalue weighted by atomic mass is 32.1. The van der Waals surface area contributed by atoms with Gasteiger partial charge in [0.1, 0.15) is 5.78 Å². The zero-order valence-corrected chi connectivity index (χ0v) is 21.8. The Bertz CT molecular complexity index is 1160. The molecule has 1 unspecified atom stereocenters. The Labute approximate surface area is 213 Å². The number of hydrogen-bond acceptors (Lipinski definition) is 6. The fourth-order valence-corrected chi connectivity index (χ4v) is 7.63. The second-order valence-electron chi connectivity index (χ2n) is 10.6. The number of nitrogens with one attached hydrogen (secondary N) is 3. The van der Waals surface area contributed by atoms with E-state index >= 15 is 0 Å². The number of carbonyl (C=O) groups excluding carboxylic acids is 2. The average Bonchev–Trinajstić information content (AvgIpc) is 3.75. The summed E-state index contributed by atoms with van der Waals surface area (Å²) in [4.78, 5) is 28.6. The van der Waals surface area contributed by atoms with Crippen molar-refractivity contribution in [2.75, 3.05) is 11.9 Å². The SMILES string of the molecule is Cc1nscc1NC(=S)N[C@H]1CCc2sc(CC(=O)C3CC34CC4)c(C(=O)NCC3CC3)c2C1. The number of anilines is 1. The van der Waals surface area contributed by atoms with Crippen LogP contribution in [0.2, 0.25) is 0 Å². The van der Waals surface area contributed by atoms with E-state index in [1.165, 1.54) is 42.1 Å². The number of thiocarbonyl (C=S) groups is 1. The number of Topliss-reactive ketones (excluding diaryl/α,β-unsaturated/α-hetero) is 1. The molecule has 6 nitrogen and oxygen atoms in total. The first-order valence-corrected chi connectivity index (χ1v) is 14.4. The predicted octanol–water partition coefficient (Wildman–Crippen LogP) is 4.41. The molecule has 0 bridgehead atoms. The zero-order valence-electron chi connectivity index (χ0n) is 19.4. The first-order valence-electron chi connectivity index (χ1n) is 12.3. The Morgan fingerprint density at radius 3 is 2.76 bits per heavy atom. The Hall–Kier alpha value is -1.84. The summed E-state index contributed by atoms with van der Waals surface area (Å²) in [7, 11) is 0. The van der Waals surface area contributed by atoms with Crippen LogP contribution in [-0.2, 0) is 24.1 Å². The Morgan fingerprint density at radius 1 is 1.26 bits per heavy atom. The fourth-order valence-electron chi connectivity index (χ4n) is 5.35. The van der Waals surface area contributed by atoms with Crippen LogP contribution >= 0.6 is 35.1 Å². The maximum atomic E-state index is 13.3. The van der Waals surface area contributed by atoms with Gasteiger partial charge in [-0.3, -0.25) is 9.59 Å². The molecule has 4 aliphatic rings. The smallest absolute Gasteiger partial charge is 0.252 e. The van der Waals surface area contributed by atoms with Crippen LogP contribution in [0.25, 0.3) is 0 Å². The molecule has 3 saturated carbocycles. The third kappa shape index (κ3) is 4.54. The quantitative estimate of drug-likeness (QED) is 0.453. The lowest BCUT2D eigenvalue weighted by molar-refractivity contribution is -0.119. The Morgan fingerprint density at radius 2 is 2.09 bits per heavy atom. The molecule has 2 aromatic rings. The molecule has 34 heavy (non-hydrogen) atoms. The van der Waals surface area contributed by atoms with Gasteiger partial charge in [-0.2, -0.15) is 4.37 Å². The van der Waals surface area contributed by atoms with E-state index in [-0.39, 0.29) is 17.9 Å². The van der Waals surface area contributed by atoms with Crippen molar-refractivity contribution >= 4 is 57.6 Å². The lowest BCUT2D eigenvalue weighted by Crippen LogP contribution is -2.41. The molecule has 9 heteroatoms. The Kier molecular flexibility index (Phi) is 5.77. The molecular weight excluding hydrogens is 485 g/mol. The number of fused-ring (bicyclic) bond motifs is 1. The van der Waals surface area contributed by atoms with E-state index in [1.54, 1.807) is 11.3 Å². The minimum Gasteiger partial charge on any atom is -0.359 e. The number of rotatable bonds is 8. The molecule has 3 N–H and O–H groups in total. The summed E-state index contributed by atoms with van der Waals surface area (Å²) in [5.41, 5.74) is 4.13. The summed E-state index contributed by atoms with van der Waals surface area (Å²) >= 11 is 8.67. The van der Waals surface area contributed by atoms with Crippen LogP contribution in [0.15, 0.2) is 5.38 Å². The van der Waals surface area contributed by atoms with E-state index in [9.17, 15) is 9.59 Å². The van der Waals surface area contributed by atoms with Gasteiger partial charge in [0, 0.05) is 40.1 Å². The standard InChI is InChI=1S/C25H30N4O2S3/c1-13-18(12-33-29-13)28-24(32)27-15-4-5-20-16(8-15)22(23(31)26-11-14-2-3-14)21(34-20)9-19(30)17-10-25(17)6-7-25/h12,14-15,17H,2-11H2,1H3,(H,26,31)(H2,27,28,32)/t15-,17?/m0/s1. The third-order valence-electron chi connectivity index (χ3n) is 7.95. The first kappa shape index (κ1) is 22.6. The summed E-state index contributed by atoms with van der Waals surface area (Å²) < 4.78 is 4.29. The Balaban J connectivity index is 1.18. The first-order chi connectivity index (χ1) is 16.4. The molecule has 1 amide bonds. The van der Waals surface area contributed by atoms with Gasteiger partial charge in [-0.05, 0) is 98.9 Å². The summed E-state index contributed by atoms with van der Waals surface area (Å²) in [6.07, 6.45) is 8.92. The summed E-state index contributed by atoms with van der Waals surface area (Å²) in [5.74, 6) is 1.21. The second-order valence-corrected chi connectivity index (χ2v) is 12.8. The maximum Gasteiger partial charge on any atom is 0.252 e. The number of hydrogen-bond donors (Lipinski definition) is 3. The number of amides is 1. The minimum absolute atomic E-state index is 0.00505. The molecule has 180 valence electrons. The van der Waals surface area contributed by atoms with Gasteiger partial charge >= 0.3 is 0 Å². The summed E-state index contributed by atoms with van der Waals surface area (Å²) in [5, 5.41) is 12.4. The normalized spacial score (nSPS) is 23.8. The van der Waals surface area contributed by atoms with Gasteiger partial charge < -0.3 is 16.0 Å². The molecule has 2 atom stereocenters. The topological polar surface area (TPSA) is 83.1 Å². The van der Waals surface area contributed by atoms with Crippen molar-refractivity contribution in [3.05, 3.63) is 32.0 Å². The highest BCUT2D eigenvalue weighted by Gasteiger charge is 2.65. The van der Waals surface area contributed by atoms with Crippen molar-refractivity contribution in [3.63, 3.8) is 0 Å². The molecule has 6 rings (SSSR count). The van der Waals surface area contributed by atoms with Gasteiger partial charge in [0.25, 0.3) is 5.91 Å². The number of carbonyl (C=O) groups is 2. The minimum atomic E-state index is 0.00505. The van der Waals surface area contributed by atoms with E-state index in [0.29, 0.717) is 28.6 Å². The van der Waals surface area contributed by atoms with Gasteiger partial charge in [-0.1, -0.05) is 0 Å². The van der Waals surface area contributed by atoms with Crippen LogP contribution in [-0.4, -0.2) is 33.8 Å². The van der Waals surface area contributed by atoms with Crippen molar-refractivity contribution in [1.29, 1.82) is 0 Å². The number of ketones is 1. The molecule has 1 spiro atoms. The average molecular weight is 515 g/mol. The third-order valence-corrected chi connectivity index (χ3v) is 10.2. The highest BCUT2D eigenvalue weighted by Crippen LogP contribution is 2.71. The number of aryl methyl sites for hydroxylation is 2. The van der Waals surface area contributed by atoms with Crippen molar-refractivity contribution in [3.8, 4) is 0 Å². The molecule has 0 aliphatic heterocycles. The van der Waals surface area contributed by atoms with Gasteiger partial charge in [0.15, 0.2) is 5.11 Å². The molecular formula is C25H30N4O2S3. The number of thiophene rings is 1. The monoisotopic (exact) mass is 514 g/mol. The van der Waals surface area contributed by atoms with E-state index in [0.717, 1.165) is 59.6 Å². The van der Waals surface area contributed by atoms with Crippen molar-refractivity contribution in [2.45, 2.75) is 70.8 Å². The van der Waals surface area contributed by atoms with Gasteiger partial charge in [-0.15, -0.1) is 11.3 Å². The van der Waals surface area contributed by atoms with E-state index < -0.39 is 0 Å². The molecule has 0 radical (unpaired) electrons. The van der Waals surface area contributed by atoms with Crippen molar-refractivity contribution in [1.82, 2.24) is 15.0 Å². The van der Waals surface area contributed by atoms with E-state index in [1.807, 2.05) is 12.3 Å². The number of nitrogens with zero attached hydrogens (tertiary/aromatic N) is 1. The molecule has 0 saturated heterocycles. The van der Waals surface area contributed by atoms with Crippen LogP contribution in [0.3, 0.4) is 0 Å². The van der Waals surface area contributed by atoms with Crippen LogP contribution in [0.5, 0.6) is 0 Å². The summed E-state index contributed by atoms with van der Waals surface area (Å²) in [6, 6.07) is 0.158. The molecule has 0 aromatic carbocycles. The van der Waals surface area contributed by atoms with Crippen molar-refractivity contribution < 1.29 is 9.59 Å². The van der Waals surface area contributed by atoms with Gasteiger partial charge in [0.05, 0.1) is 16.9 Å². The molecule has 2 aromatic heterocycles. The molecule has 4 aliphatic carbocycles.